The van der Waals surface area contributed by atoms with E-state index in [1.54, 1.807) is 13.2 Å². The van der Waals surface area contributed by atoms with Crippen LogP contribution in [0.2, 0.25) is 5.02 Å². The monoisotopic (exact) mass is 331 g/mol. The Labute approximate surface area is 142 Å². The van der Waals surface area contributed by atoms with Gasteiger partial charge in [0.1, 0.15) is 6.61 Å². The second kappa shape index (κ2) is 8.61. The van der Waals surface area contributed by atoms with Gasteiger partial charge in [-0.25, -0.2) is 0 Å². The molecule has 1 N–H and O–H groups in total. The van der Waals surface area contributed by atoms with E-state index in [0.717, 1.165) is 5.56 Å². The lowest BCUT2D eigenvalue weighted by molar-refractivity contribution is 0.326. The zero-order chi connectivity index (χ0) is 16.7. The van der Waals surface area contributed by atoms with Gasteiger partial charge in [-0.1, -0.05) is 54.6 Å². The van der Waals surface area contributed by atoms with E-state index < -0.39 is 0 Å². The Morgan fingerprint density at radius 1 is 1.26 bits per heavy atom. The van der Waals surface area contributed by atoms with E-state index in [-0.39, 0.29) is 6.04 Å². The van der Waals surface area contributed by atoms with Crippen molar-refractivity contribution < 1.29 is 9.47 Å². The topological polar surface area (TPSA) is 30.5 Å². The fraction of sp³-hybridized carbons (Fsp3) is 0.263. The van der Waals surface area contributed by atoms with Crippen LogP contribution in [0.25, 0.3) is 0 Å². The summed E-state index contributed by atoms with van der Waals surface area (Å²) in [5.74, 6) is 1.18. The van der Waals surface area contributed by atoms with Crippen LogP contribution in [-0.2, 0) is 6.54 Å². The number of hydrogen-bond acceptors (Lipinski definition) is 3. The molecule has 4 heteroatoms. The van der Waals surface area contributed by atoms with Gasteiger partial charge in [-0.05, 0) is 30.2 Å². The molecule has 0 saturated heterocycles. The molecule has 23 heavy (non-hydrogen) atoms. The molecular weight excluding hydrogens is 310 g/mol. The molecule has 0 radical (unpaired) electrons. The largest absolute Gasteiger partial charge is 0.493 e. The molecule has 0 aliphatic carbocycles. The van der Waals surface area contributed by atoms with Gasteiger partial charge in [-0.2, -0.15) is 0 Å². The molecule has 0 heterocycles. The maximum Gasteiger partial charge on any atom is 0.180 e. The average Bonchev–Trinajstić information content (AvgIpc) is 2.59. The minimum atomic E-state index is 0.248. The minimum absolute atomic E-state index is 0.248. The summed E-state index contributed by atoms with van der Waals surface area (Å²) in [6.07, 6.45) is 1.67. The van der Waals surface area contributed by atoms with Gasteiger partial charge in [0.25, 0.3) is 0 Å². The molecule has 0 aliphatic rings. The lowest BCUT2D eigenvalue weighted by Gasteiger charge is -2.16. The van der Waals surface area contributed by atoms with Crippen molar-refractivity contribution in [3.05, 3.63) is 71.3 Å². The van der Waals surface area contributed by atoms with Crippen LogP contribution in [0, 0.1) is 0 Å². The number of benzene rings is 2. The van der Waals surface area contributed by atoms with Crippen LogP contribution < -0.4 is 14.8 Å². The summed E-state index contributed by atoms with van der Waals surface area (Å²) in [5.41, 5.74) is 2.29. The lowest BCUT2D eigenvalue weighted by atomic mass is 10.1. The van der Waals surface area contributed by atoms with Gasteiger partial charge in [0.05, 0.1) is 12.1 Å². The molecule has 122 valence electrons. The first-order chi connectivity index (χ1) is 11.2. The summed E-state index contributed by atoms with van der Waals surface area (Å²) in [6.45, 7) is 6.85. The van der Waals surface area contributed by atoms with Crippen molar-refractivity contribution in [1.29, 1.82) is 0 Å². The Hall–Kier alpha value is -1.97. The number of methoxy groups -OCH3 is 1. The minimum Gasteiger partial charge on any atom is -0.493 e. The smallest absolute Gasteiger partial charge is 0.180 e. The molecule has 2 aromatic rings. The molecule has 2 rings (SSSR count). The number of ether oxygens (including phenoxy) is 2. The van der Waals surface area contributed by atoms with Gasteiger partial charge in [0.15, 0.2) is 11.5 Å². The highest BCUT2D eigenvalue weighted by Gasteiger charge is 2.12. The van der Waals surface area contributed by atoms with E-state index >= 15 is 0 Å². The molecule has 1 unspecified atom stereocenters. The van der Waals surface area contributed by atoms with Crippen molar-refractivity contribution >= 4 is 11.6 Å². The van der Waals surface area contributed by atoms with Crippen molar-refractivity contribution in [2.24, 2.45) is 0 Å². The van der Waals surface area contributed by atoms with Gasteiger partial charge >= 0.3 is 0 Å². The van der Waals surface area contributed by atoms with Crippen molar-refractivity contribution in [3.63, 3.8) is 0 Å². The SMILES string of the molecule is C=CCOc1c(Cl)cc(CNC(C)c2ccccc2)cc1OC. The van der Waals surface area contributed by atoms with Crippen LogP contribution in [0.3, 0.4) is 0 Å². The van der Waals surface area contributed by atoms with Crippen molar-refractivity contribution in [1.82, 2.24) is 5.32 Å². The first-order valence-corrected chi connectivity index (χ1v) is 7.92. The van der Waals surface area contributed by atoms with Crippen molar-refractivity contribution in [2.75, 3.05) is 13.7 Å². The first-order valence-electron chi connectivity index (χ1n) is 7.54. The summed E-state index contributed by atoms with van der Waals surface area (Å²) < 4.78 is 10.9. The maximum atomic E-state index is 6.31. The van der Waals surface area contributed by atoms with Gasteiger partial charge in [0.2, 0.25) is 0 Å². The molecule has 1 atom stereocenters. The standard InChI is InChI=1S/C19H22ClNO2/c1-4-10-23-19-17(20)11-15(12-18(19)22-3)13-21-14(2)16-8-6-5-7-9-16/h4-9,11-12,14,21H,1,10,13H2,2-3H3. The predicted molar refractivity (Wildman–Crippen MR) is 95.4 cm³/mol. The number of rotatable bonds is 8. The summed E-state index contributed by atoms with van der Waals surface area (Å²) in [7, 11) is 1.61. The number of halogens is 1. The summed E-state index contributed by atoms with van der Waals surface area (Å²) in [6, 6.07) is 14.4. The quantitative estimate of drug-likeness (QED) is 0.707. The lowest BCUT2D eigenvalue weighted by Crippen LogP contribution is -2.18. The molecule has 0 aliphatic heterocycles. The van der Waals surface area contributed by atoms with Crippen LogP contribution in [0.5, 0.6) is 11.5 Å². The Kier molecular flexibility index (Phi) is 6.51. The molecule has 0 amide bonds. The molecule has 0 bridgehead atoms. The zero-order valence-corrected chi connectivity index (χ0v) is 14.3. The first kappa shape index (κ1) is 17.4. The molecule has 2 aromatic carbocycles. The normalized spacial score (nSPS) is 11.8. The Morgan fingerprint density at radius 3 is 2.65 bits per heavy atom. The highest BCUT2D eigenvalue weighted by atomic mass is 35.5. The van der Waals surface area contributed by atoms with Crippen molar-refractivity contribution in [3.8, 4) is 11.5 Å². The maximum absolute atomic E-state index is 6.31. The van der Waals surface area contributed by atoms with Gasteiger partial charge in [-0.15, -0.1) is 0 Å². The highest BCUT2D eigenvalue weighted by Crippen LogP contribution is 2.36. The summed E-state index contributed by atoms with van der Waals surface area (Å²) >= 11 is 6.31. The molecule has 3 nitrogen and oxygen atoms in total. The van der Waals surface area contributed by atoms with E-state index in [4.69, 9.17) is 21.1 Å². The highest BCUT2D eigenvalue weighted by molar-refractivity contribution is 6.32. The average molecular weight is 332 g/mol. The second-order valence-corrected chi connectivity index (χ2v) is 5.63. The third kappa shape index (κ3) is 4.75. The fourth-order valence-electron chi connectivity index (χ4n) is 2.29. The molecular formula is C19H22ClNO2. The third-order valence-corrected chi connectivity index (χ3v) is 3.83. The third-order valence-electron chi connectivity index (χ3n) is 3.55. The molecule has 0 fully saturated rings. The van der Waals surface area contributed by atoms with E-state index in [2.05, 4.69) is 31.0 Å². The molecule has 0 spiro atoms. The summed E-state index contributed by atoms with van der Waals surface area (Å²) in [5, 5.41) is 4.02. The van der Waals surface area contributed by atoms with Gasteiger partial charge in [0, 0.05) is 12.6 Å². The van der Waals surface area contributed by atoms with Gasteiger partial charge in [-0.3, -0.25) is 0 Å². The fourth-order valence-corrected chi connectivity index (χ4v) is 2.58. The van der Waals surface area contributed by atoms with Crippen LogP contribution in [-0.4, -0.2) is 13.7 Å². The zero-order valence-electron chi connectivity index (χ0n) is 13.5. The predicted octanol–water partition coefficient (Wildman–Crippen LogP) is 4.76. The Morgan fingerprint density at radius 2 is 2.00 bits per heavy atom. The Balaban J connectivity index is 2.08. The number of nitrogens with one attached hydrogen (secondary N) is 1. The van der Waals surface area contributed by atoms with E-state index in [0.29, 0.717) is 29.7 Å². The Bertz CT molecular complexity index is 643. The van der Waals surface area contributed by atoms with Crippen LogP contribution >= 0.6 is 11.6 Å². The summed E-state index contributed by atoms with van der Waals surface area (Å²) in [4.78, 5) is 0. The van der Waals surface area contributed by atoms with Crippen LogP contribution in [0.1, 0.15) is 24.1 Å². The van der Waals surface area contributed by atoms with E-state index in [9.17, 15) is 0 Å². The van der Waals surface area contributed by atoms with Crippen LogP contribution in [0.4, 0.5) is 0 Å². The van der Waals surface area contributed by atoms with E-state index in [1.807, 2.05) is 30.3 Å². The van der Waals surface area contributed by atoms with Crippen LogP contribution in [0.15, 0.2) is 55.1 Å². The number of hydrogen-bond donors (Lipinski definition) is 1. The van der Waals surface area contributed by atoms with Gasteiger partial charge < -0.3 is 14.8 Å². The second-order valence-electron chi connectivity index (χ2n) is 5.22. The van der Waals surface area contributed by atoms with E-state index in [1.165, 1.54) is 5.56 Å². The molecule has 0 aromatic heterocycles. The molecule has 0 saturated carbocycles. The van der Waals surface area contributed by atoms with Crippen molar-refractivity contribution in [2.45, 2.75) is 19.5 Å².